The van der Waals surface area contributed by atoms with Crippen LogP contribution in [0.2, 0.25) is 0 Å². The first-order valence-corrected chi connectivity index (χ1v) is 6.75. The first kappa shape index (κ1) is 13.7. The molecule has 0 heterocycles. The van der Waals surface area contributed by atoms with Crippen molar-refractivity contribution in [2.45, 2.75) is 32.6 Å². The maximum Gasteiger partial charge on any atom is 0.225 e. The lowest BCUT2D eigenvalue weighted by Crippen LogP contribution is -2.12. The van der Waals surface area contributed by atoms with Crippen molar-refractivity contribution >= 4 is 32.8 Å². The highest BCUT2D eigenvalue weighted by atomic mass is 79.9. The third kappa shape index (κ3) is 4.26. The second-order valence-electron chi connectivity index (χ2n) is 3.94. The van der Waals surface area contributed by atoms with E-state index in [2.05, 4.69) is 22.9 Å². The van der Waals surface area contributed by atoms with Gasteiger partial charge >= 0.3 is 0 Å². The molecular formula is C13H16BrClO. The predicted molar refractivity (Wildman–Crippen MR) is 71.7 cm³/mol. The highest BCUT2D eigenvalue weighted by molar-refractivity contribution is 9.10. The van der Waals surface area contributed by atoms with Gasteiger partial charge in [0.15, 0.2) is 0 Å². The zero-order valence-corrected chi connectivity index (χ0v) is 11.7. The van der Waals surface area contributed by atoms with Gasteiger partial charge in [-0.1, -0.05) is 53.9 Å². The Labute approximate surface area is 110 Å². The van der Waals surface area contributed by atoms with Crippen LogP contribution in [0, 0.1) is 5.92 Å². The zero-order valence-electron chi connectivity index (χ0n) is 9.38. The molecule has 16 heavy (non-hydrogen) atoms. The number of unbranched alkanes of at least 4 members (excludes halogenated alkanes) is 1. The van der Waals surface area contributed by atoms with E-state index < -0.39 is 0 Å². The first-order valence-electron chi connectivity index (χ1n) is 5.58. The monoisotopic (exact) mass is 302 g/mol. The molecule has 0 aliphatic rings. The average molecular weight is 304 g/mol. The number of hydrogen-bond acceptors (Lipinski definition) is 1. The first-order chi connectivity index (χ1) is 7.65. The maximum atomic E-state index is 11.3. The van der Waals surface area contributed by atoms with Crippen molar-refractivity contribution in [1.29, 1.82) is 0 Å². The maximum absolute atomic E-state index is 11.3. The molecule has 0 aromatic heterocycles. The topological polar surface area (TPSA) is 17.1 Å². The molecule has 0 aliphatic carbocycles. The van der Waals surface area contributed by atoms with Crippen molar-refractivity contribution in [1.82, 2.24) is 0 Å². The second kappa shape index (κ2) is 7.08. The highest BCUT2D eigenvalue weighted by Gasteiger charge is 2.17. The number of benzene rings is 1. The third-order valence-electron chi connectivity index (χ3n) is 2.65. The van der Waals surface area contributed by atoms with Crippen LogP contribution in [0.15, 0.2) is 28.7 Å². The van der Waals surface area contributed by atoms with Gasteiger partial charge in [-0.05, 0) is 36.1 Å². The molecule has 1 nitrogen and oxygen atoms in total. The second-order valence-corrected chi connectivity index (χ2v) is 5.17. The Kier molecular flexibility index (Phi) is 6.07. The van der Waals surface area contributed by atoms with E-state index in [0.29, 0.717) is 0 Å². The molecule has 0 N–H and O–H groups in total. The van der Waals surface area contributed by atoms with Crippen LogP contribution in [0.3, 0.4) is 0 Å². The number of carbonyl (C=O) groups is 1. The summed E-state index contributed by atoms with van der Waals surface area (Å²) in [4.78, 5) is 11.3. The number of carbonyl (C=O) groups excluding carboxylic acids is 1. The predicted octanol–water partition coefficient (Wildman–Crippen LogP) is 4.56. The number of halogens is 2. The van der Waals surface area contributed by atoms with Gasteiger partial charge in [-0.25, -0.2) is 0 Å². The summed E-state index contributed by atoms with van der Waals surface area (Å²) in [6.07, 6.45) is 3.74. The third-order valence-corrected chi connectivity index (χ3v) is 3.73. The van der Waals surface area contributed by atoms with Crippen LogP contribution >= 0.6 is 27.5 Å². The van der Waals surface area contributed by atoms with E-state index in [1.54, 1.807) is 0 Å². The molecule has 1 atom stereocenters. The van der Waals surface area contributed by atoms with E-state index in [1.807, 2.05) is 24.3 Å². The van der Waals surface area contributed by atoms with Gasteiger partial charge in [0, 0.05) is 10.4 Å². The molecule has 0 saturated carbocycles. The summed E-state index contributed by atoms with van der Waals surface area (Å²) in [6.45, 7) is 2.12. The van der Waals surface area contributed by atoms with Gasteiger partial charge in [-0.3, -0.25) is 4.79 Å². The molecular weight excluding hydrogens is 287 g/mol. The smallest absolute Gasteiger partial charge is 0.225 e. The normalized spacial score (nSPS) is 12.4. The Bertz CT molecular complexity index is 352. The van der Waals surface area contributed by atoms with Gasteiger partial charge in [0.1, 0.15) is 0 Å². The molecule has 1 rings (SSSR count). The molecule has 0 fully saturated rings. The van der Waals surface area contributed by atoms with Gasteiger partial charge in [0.2, 0.25) is 5.24 Å². The summed E-state index contributed by atoms with van der Waals surface area (Å²) in [6, 6.07) is 7.97. The van der Waals surface area contributed by atoms with Crippen molar-refractivity contribution in [2.24, 2.45) is 5.92 Å². The van der Waals surface area contributed by atoms with Crippen LogP contribution in [0.1, 0.15) is 31.7 Å². The van der Waals surface area contributed by atoms with Crippen molar-refractivity contribution < 1.29 is 4.79 Å². The molecule has 1 unspecified atom stereocenters. The fourth-order valence-electron chi connectivity index (χ4n) is 1.68. The molecule has 88 valence electrons. The van der Waals surface area contributed by atoms with E-state index in [0.717, 1.165) is 35.7 Å². The minimum Gasteiger partial charge on any atom is -0.281 e. The van der Waals surface area contributed by atoms with Crippen molar-refractivity contribution in [3.8, 4) is 0 Å². The van der Waals surface area contributed by atoms with E-state index in [9.17, 15) is 4.79 Å². The summed E-state index contributed by atoms with van der Waals surface area (Å²) in [7, 11) is 0. The summed E-state index contributed by atoms with van der Waals surface area (Å²) in [5.41, 5.74) is 1.15. The number of rotatable bonds is 6. The summed E-state index contributed by atoms with van der Waals surface area (Å²) >= 11 is 9.12. The molecule has 0 aliphatic heterocycles. The lowest BCUT2D eigenvalue weighted by molar-refractivity contribution is -0.115. The highest BCUT2D eigenvalue weighted by Crippen LogP contribution is 2.23. The quantitative estimate of drug-likeness (QED) is 0.704. The molecule has 0 saturated heterocycles. The molecule has 1 aromatic rings. The Morgan fingerprint density at radius 3 is 2.69 bits per heavy atom. The Morgan fingerprint density at radius 1 is 1.44 bits per heavy atom. The van der Waals surface area contributed by atoms with Crippen molar-refractivity contribution in [2.75, 3.05) is 0 Å². The van der Waals surface area contributed by atoms with E-state index in [-0.39, 0.29) is 11.2 Å². The minimum absolute atomic E-state index is 0.0553. The van der Waals surface area contributed by atoms with Crippen LogP contribution < -0.4 is 0 Å². The summed E-state index contributed by atoms with van der Waals surface area (Å²) < 4.78 is 1.05. The lowest BCUT2D eigenvalue weighted by Gasteiger charge is -2.13. The molecule has 0 bridgehead atoms. The molecule has 0 radical (unpaired) electrons. The van der Waals surface area contributed by atoms with Gasteiger partial charge in [0.25, 0.3) is 0 Å². The van der Waals surface area contributed by atoms with Gasteiger partial charge in [-0.2, -0.15) is 0 Å². The van der Waals surface area contributed by atoms with E-state index in [1.165, 1.54) is 0 Å². The van der Waals surface area contributed by atoms with Crippen LogP contribution in [0.5, 0.6) is 0 Å². The Balaban J connectivity index is 2.68. The molecule has 0 amide bonds. The zero-order chi connectivity index (χ0) is 12.0. The fourth-order valence-corrected chi connectivity index (χ4v) is 2.31. The SMILES string of the molecule is CCCCC(Cc1ccccc1Br)C(=O)Cl. The standard InChI is InChI=1S/C13H16BrClO/c1-2-3-6-11(13(15)16)9-10-7-4-5-8-12(10)14/h4-5,7-8,11H,2-3,6,9H2,1H3. The summed E-state index contributed by atoms with van der Waals surface area (Å²) in [5.74, 6) is -0.0553. The lowest BCUT2D eigenvalue weighted by atomic mass is 9.95. The van der Waals surface area contributed by atoms with Crippen LogP contribution in [0.25, 0.3) is 0 Å². The number of hydrogen-bond donors (Lipinski definition) is 0. The molecule has 0 spiro atoms. The van der Waals surface area contributed by atoms with Gasteiger partial charge < -0.3 is 0 Å². The van der Waals surface area contributed by atoms with Crippen LogP contribution in [0.4, 0.5) is 0 Å². The van der Waals surface area contributed by atoms with Gasteiger partial charge in [-0.15, -0.1) is 0 Å². The molecule has 1 aromatic carbocycles. The Morgan fingerprint density at radius 2 is 2.12 bits per heavy atom. The van der Waals surface area contributed by atoms with E-state index >= 15 is 0 Å². The van der Waals surface area contributed by atoms with Gasteiger partial charge in [0.05, 0.1) is 0 Å². The largest absolute Gasteiger partial charge is 0.281 e. The fraction of sp³-hybridized carbons (Fsp3) is 0.462. The van der Waals surface area contributed by atoms with Crippen molar-refractivity contribution in [3.63, 3.8) is 0 Å². The minimum atomic E-state index is -0.218. The Hall–Kier alpha value is -0.340. The average Bonchev–Trinajstić information content (AvgIpc) is 2.26. The van der Waals surface area contributed by atoms with Crippen LogP contribution in [-0.2, 0) is 11.2 Å². The molecule has 3 heteroatoms. The van der Waals surface area contributed by atoms with E-state index in [4.69, 9.17) is 11.6 Å². The van der Waals surface area contributed by atoms with Crippen molar-refractivity contribution in [3.05, 3.63) is 34.3 Å². The summed E-state index contributed by atoms with van der Waals surface area (Å²) in [5, 5.41) is -0.218. The van der Waals surface area contributed by atoms with Crippen LogP contribution in [-0.4, -0.2) is 5.24 Å².